The van der Waals surface area contributed by atoms with Crippen LogP contribution in [0, 0.1) is 0 Å². The average Bonchev–Trinajstić information content (AvgIpc) is 2.86. The van der Waals surface area contributed by atoms with E-state index in [0.29, 0.717) is 17.1 Å². The number of rotatable bonds is 4. The van der Waals surface area contributed by atoms with Gasteiger partial charge in [0.05, 0.1) is 12.0 Å². The van der Waals surface area contributed by atoms with E-state index in [1.165, 1.54) is 0 Å². The highest BCUT2D eigenvalue weighted by molar-refractivity contribution is 9.10. The van der Waals surface area contributed by atoms with Crippen LogP contribution in [-0.2, 0) is 6.42 Å². The van der Waals surface area contributed by atoms with Gasteiger partial charge in [-0.3, -0.25) is 4.68 Å². The van der Waals surface area contributed by atoms with Gasteiger partial charge in [-0.15, -0.1) is 0 Å². The molecule has 0 saturated heterocycles. The molecule has 0 aromatic carbocycles. The standard InChI is InChI=1S/C12H16BrN3O/c1-8(2)16-5-3-9(15-16)7-11(14)10-4-6-17-12(10)13/h3-6,8,11H,7,14H2,1-2H3. The Kier molecular flexibility index (Phi) is 3.69. The van der Waals surface area contributed by atoms with Crippen LogP contribution in [0.4, 0.5) is 0 Å². The molecule has 0 aliphatic carbocycles. The Hall–Kier alpha value is -1.07. The smallest absolute Gasteiger partial charge is 0.173 e. The fourth-order valence-corrected chi connectivity index (χ4v) is 2.21. The molecule has 2 N–H and O–H groups in total. The van der Waals surface area contributed by atoms with Crippen molar-refractivity contribution in [2.75, 3.05) is 0 Å². The van der Waals surface area contributed by atoms with Crippen molar-refractivity contribution in [1.82, 2.24) is 9.78 Å². The monoisotopic (exact) mass is 297 g/mol. The third-order valence-electron chi connectivity index (χ3n) is 2.67. The second-order valence-corrected chi connectivity index (χ2v) is 5.06. The van der Waals surface area contributed by atoms with Crippen molar-refractivity contribution in [3.8, 4) is 0 Å². The van der Waals surface area contributed by atoms with Gasteiger partial charge >= 0.3 is 0 Å². The van der Waals surface area contributed by atoms with E-state index in [4.69, 9.17) is 10.2 Å². The first kappa shape index (κ1) is 12.4. The molecule has 2 aromatic rings. The summed E-state index contributed by atoms with van der Waals surface area (Å²) in [6.07, 6.45) is 4.32. The zero-order valence-electron chi connectivity index (χ0n) is 9.93. The van der Waals surface area contributed by atoms with E-state index in [-0.39, 0.29) is 6.04 Å². The summed E-state index contributed by atoms with van der Waals surface area (Å²) >= 11 is 3.34. The molecular formula is C12H16BrN3O. The van der Waals surface area contributed by atoms with Crippen LogP contribution in [0.2, 0.25) is 0 Å². The summed E-state index contributed by atoms with van der Waals surface area (Å²) in [7, 11) is 0. The van der Waals surface area contributed by atoms with Crippen molar-refractivity contribution in [3.63, 3.8) is 0 Å². The zero-order valence-corrected chi connectivity index (χ0v) is 11.5. The average molecular weight is 298 g/mol. The first-order chi connectivity index (χ1) is 8.08. The Morgan fingerprint density at radius 3 is 2.76 bits per heavy atom. The van der Waals surface area contributed by atoms with Crippen LogP contribution in [-0.4, -0.2) is 9.78 Å². The Bertz CT molecular complexity index is 489. The van der Waals surface area contributed by atoms with Crippen molar-refractivity contribution in [2.24, 2.45) is 5.73 Å². The summed E-state index contributed by atoms with van der Waals surface area (Å²) in [4.78, 5) is 0. The van der Waals surface area contributed by atoms with Crippen LogP contribution in [0.1, 0.15) is 37.2 Å². The summed E-state index contributed by atoms with van der Waals surface area (Å²) in [5.41, 5.74) is 8.09. The summed E-state index contributed by atoms with van der Waals surface area (Å²) in [6, 6.07) is 4.17. The molecule has 5 heteroatoms. The molecule has 0 radical (unpaired) electrons. The molecule has 0 aliphatic heterocycles. The summed E-state index contributed by atoms with van der Waals surface area (Å²) in [5, 5.41) is 4.48. The molecule has 0 saturated carbocycles. The Labute approximate surface area is 109 Å². The van der Waals surface area contributed by atoms with Crippen LogP contribution in [0.15, 0.2) is 33.7 Å². The van der Waals surface area contributed by atoms with E-state index in [9.17, 15) is 0 Å². The summed E-state index contributed by atoms with van der Waals surface area (Å²) < 4.78 is 7.82. The molecule has 0 fully saturated rings. The van der Waals surface area contributed by atoms with Gasteiger partial charge in [0.1, 0.15) is 0 Å². The van der Waals surface area contributed by atoms with Gasteiger partial charge in [-0.25, -0.2) is 0 Å². The van der Waals surface area contributed by atoms with Crippen LogP contribution in [0.3, 0.4) is 0 Å². The van der Waals surface area contributed by atoms with Crippen molar-refractivity contribution < 1.29 is 4.42 Å². The summed E-state index contributed by atoms with van der Waals surface area (Å²) in [5.74, 6) is 0. The predicted molar refractivity (Wildman–Crippen MR) is 69.7 cm³/mol. The van der Waals surface area contributed by atoms with Crippen molar-refractivity contribution in [1.29, 1.82) is 0 Å². The number of hydrogen-bond acceptors (Lipinski definition) is 3. The minimum atomic E-state index is -0.0985. The maximum absolute atomic E-state index is 6.12. The molecule has 0 aliphatic rings. The minimum Gasteiger partial charge on any atom is -0.457 e. The molecule has 92 valence electrons. The van der Waals surface area contributed by atoms with Gasteiger partial charge < -0.3 is 10.2 Å². The van der Waals surface area contributed by atoms with E-state index in [0.717, 1.165) is 11.3 Å². The molecule has 2 aromatic heterocycles. The van der Waals surface area contributed by atoms with Crippen LogP contribution < -0.4 is 5.73 Å². The highest BCUT2D eigenvalue weighted by atomic mass is 79.9. The zero-order chi connectivity index (χ0) is 12.4. The molecule has 17 heavy (non-hydrogen) atoms. The quantitative estimate of drug-likeness (QED) is 0.943. The van der Waals surface area contributed by atoms with Gasteiger partial charge in [0.2, 0.25) is 0 Å². The van der Waals surface area contributed by atoms with Gasteiger partial charge in [-0.05, 0) is 41.9 Å². The number of aromatic nitrogens is 2. The molecule has 1 atom stereocenters. The lowest BCUT2D eigenvalue weighted by molar-refractivity contribution is 0.518. The lowest BCUT2D eigenvalue weighted by Crippen LogP contribution is -2.14. The van der Waals surface area contributed by atoms with E-state index >= 15 is 0 Å². The maximum atomic E-state index is 6.12. The Balaban J connectivity index is 2.08. The van der Waals surface area contributed by atoms with Gasteiger partial charge in [0.15, 0.2) is 4.67 Å². The van der Waals surface area contributed by atoms with E-state index in [1.54, 1.807) is 6.26 Å². The topological polar surface area (TPSA) is 57.0 Å². The number of nitrogens with zero attached hydrogens (tertiary/aromatic N) is 2. The lowest BCUT2D eigenvalue weighted by Gasteiger charge is -2.08. The molecule has 0 amide bonds. The van der Waals surface area contributed by atoms with Crippen molar-refractivity contribution in [2.45, 2.75) is 32.4 Å². The van der Waals surface area contributed by atoms with Gasteiger partial charge in [-0.1, -0.05) is 0 Å². The number of furan rings is 1. The maximum Gasteiger partial charge on any atom is 0.173 e. The third-order valence-corrected chi connectivity index (χ3v) is 3.31. The Morgan fingerprint density at radius 2 is 2.24 bits per heavy atom. The molecule has 0 spiro atoms. The highest BCUT2D eigenvalue weighted by Crippen LogP contribution is 2.25. The molecule has 0 bridgehead atoms. The predicted octanol–water partition coefficient (Wildman–Crippen LogP) is 3.06. The molecule has 2 heterocycles. The first-order valence-corrected chi connectivity index (χ1v) is 6.39. The van der Waals surface area contributed by atoms with E-state index in [1.807, 2.05) is 23.0 Å². The lowest BCUT2D eigenvalue weighted by atomic mass is 10.1. The van der Waals surface area contributed by atoms with Gasteiger partial charge in [-0.2, -0.15) is 5.10 Å². The van der Waals surface area contributed by atoms with Crippen LogP contribution in [0.5, 0.6) is 0 Å². The molecular weight excluding hydrogens is 282 g/mol. The van der Waals surface area contributed by atoms with Crippen molar-refractivity contribution in [3.05, 3.63) is 40.5 Å². The fraction of sp³-hybridized carbons (Fsp3) is 0.417. The first-order valence-electron chi connectivity index (χ1n) is 5.60. The van der Waals surface area contributed by atoms with Gasteiger partial charge in [0.25, 0.3) is 0 Å². The molecule has 4 nitrogen and oxygen atoms in total. The second kappa shape index (κ2) is 5.06. The molecule has 1 unspecified atom stereocenters. The van der Waals surface area contributed by atoms with E-state index < -0.39 is 0 Å². The SMILES string of the molecule is CC(C)n1ccc(CC(N)c2ccoc2Br)n1. The minimum absolute atomic E-state index is 0.0985. The second-order valence-electron chi connectivity index (χ2n) is 4.34. The van der Waals surface area contributed by atoms with Crippen LogP contribution >= 0.6 is 15.9 Å². The van der Waals surface area contributed by atoms with Crippen molar-refractivity contribution >= 4 is 15.9 Å². The largest absolute Gasteiger partial charge is 0.457 e. The normalized spacial score (nSPS) is 13.2. The number of nitrogens with two attached hydrogens (primary N) is 1. The molecule has 2 rings (SSSR count). The highest BCUT2D eigenvalue weighted by Gasteiger charge is 2.14. The Morgan fingerprint density at radius 1 is 1.47 bits per heavy atom. The van der Waals surface area contributed by atoms with E-state index in [2.05, 4.69) is 34.9 Å². The summed E-state index contributed by atoms with van der Waals surface area (Å²) in [6.45, 7) is 4.20. The fourth-order valence-electron chi connectivity index (χ4n) is 1.68. The van der Waals surface area contributed by atoms with Gasteiger partial charge in [0, 0.05) is 30.3 Å². The van der Waals surface area contributed by atoms with Crippen LogP contribution in [0.25, 0.3) is 0 Å². The third kappa shape index (κ3) is 2.79. The number of halogens is 1. The number of hydrogen-bond donors (Lipinski definition) is 1.